The number of carbonyl (C=O) groups excluding carboxylic acids is 1. The minimum Gasteiger partial charge on any atom is -0.460 e. The van der Waals surface area contributed by atoms with Gasteiger partial charge in [-0.15, -0.1) is 0 Å². The molecule has 0 aromatic heterocycles. The van der Waals surface area contributed by atoms with Gasteiger partial charge in [0.15, 0.2) is 0 Å². The van der Waals surface area contributed by atoms with Gasteiger partial charge in [0, 0.05) is 0 Å². The average Bonchev–Trinajstić information content (AvgIpc) is 2.23. The number of nitrogens with one attached hydrogen (secondary N) is 1. The van der Waals surface area contributed by atoms with E-state index in [1.54, 1.807) is 41.5 Å². The Bertz CT molecular complexity index is 411. The van der Waals surface area contributed by atoms with E-state index < -0.39 is 45.4 Å². The van der Waals surface area contributed by atoms with Gasteiger partial charge in [-0.25, -0.2) is 8.93 Å². The lowest BCUT2D eigenvalue weighted by molar-refractivity contribution is -0.185. The topological polar surface area (TPSA) is 55.4 Å². The Morgan fingerprint density at radius 2 is 1.59 bits per heavy atom. The molecular weight excluding hydrogens is 319 g/mol. The molecule has 0 aliphatic heterocycles. The lowest BCUT2D eigenvalue weighted by atomic mass is 9.97. The standard InChI is InChI=1S/C14H26F3NO3S/c1-8-9(11(19)21-12(2,3)4)10(14(15,16)17)18-22(20)13(5,6)7/h9-10,18H,8H2,1-7H3/t9-,10-,22-/m0/s1. The summed E-state index contributed by atoms with van der Waals surface area (Å²) >= 11 is 0. The van der Waals surface area contributed by atoms with Crippen LogP contribution >= 0.6 is 0 Å². The van der Waals surface area contributed by atoms with Crippen LogP contribution in [0.3, 0.4) is 0 Å². The van der Waals surface area contributed by atoms with Crippen molar-refractivity contribution in [1.82, 2.24) is 4.72 Å². The summed E-state index contributed by atoms with van der Waals surface area (Å²) < 4.78 is 58.1. The SMILES string of the molecule is CC[C@H](C(=O)OC(C)(C)C)[C@H](N[S@@](=O)C(C)(C)C)C(F)(F)F. The number of rotatable bonds is 5. The van der Waals surface area contributed by atoms with E-state index in [0.29, 0.717) is 0 Å². The number of alkyl halides is 3. The number of halogens is 3. The molecule has 0 saturated carbocycles. The Labute approximate surface area is 132 Å². The summed E-state index contributed by atoms with van der Waals surface area (Å²) in [6, 6.07) is -2.22. The van der Waals surface area contributed by atoms with Crippen LogP contribution in [0.2, 0.25) is 0 Å². The highest BCUT2D eigenvalue weighted by atomic mass is 32.2. The van der Waals surface area contributed by atoms with E-state index in [4.69, 9.17) is 4.74 Å². The van der Waals surface area contributed by atoms with Crippen LogP contribution in [0.1, 0.15) is 54.9 Å². The maximum absolute atomic E-state index is 13.3. The lowest BCUT2D eigenvalue weighted by Crippen LogP contribution is -2.54. The highest BCUT2D eigenvalue weighted by molar-refractivity contribution is 7.84. The molecule has 22 heavy (non-hydrogen) atoms. The lowest BCUT2D eigenvalue weighted by Gasteiger charge is -2.32. The highest BCUT2D eigenvalue weighted by Gasteiger charge is 2.49. The fourth-order valence-corrected chi connectivity index (χ4v) is 2.47. The molecule has 132 valence electrons. The molecule has 0 spiro atoms. The van der Waals surface area contributed by atoms with E-state index in [1.165, 1.54) is 6.92 Å². The van der Waals surface area contributed by atoms with E-state index in [2.05, 4.69) is 4.72 Å². The van der Waals surface area contributed by atoms with Crippen molar-refractivity contribution in [1.29, 1.82) is 0 Å². The van der Waals surface area contributed by atoms with Crippen LogP contribution in [-0.4, -0.2) is 32.7 Å². The van der Waals surface area contributed by atoms with Crippen LogP contribution in [0.25, 0.3) is 0 Å². The Hall–Kier alpha value is -0.630. The number of hydrogen-bond acceptors (Lipinski definition) is 3. The molecule has 0 aliphatic carbocycles. The summed E-state index contributed by atoms with van der Waals surface area (Å²) in [7, 11) is -1.95. The van der Waals surface area contributed by atoms with E-state index in [1.807, 2.05) is 0 Å². The molecule has 0 aromatic rings. The van der Waals surface area contributed by atoms with Gasteiger partial charge in [0.05, 0.1) is 21.7 Å². The molecule has 0 rings (SSSR count). The maximum Gasteiger partial charge on any atom is 0.405 e. The number of ether oxygens (including phenoxy) is 1. The summed E-state index contributed by atoms with van der Waals surface area (Å²) in [4.78, 5) is 12.0. The summed E-state index contributed by atoms with van der Waals surface area (Å²) in [5.41, 5.74) is -0.885. The van der Waals surface area contributed by atoms with E-state index >= 15 is 0 Å². The predicted molar refractivity (Wildman–Crippen MR) is 80.5 cm³/mol. The van der Waals surface area contributed by atoms with Crippen LogP contribution in [-0.2, 0) is 20.5 Å². The molecule has 4 nitrogen and oxygen atoms in total. The first-order valence-corrected chi connectivity index (χ1v) is 8.22. The molecule has 0 aromatic carbocycles. The van der Waals surface area contributed by atoms with E-state index in [9.17, 15) is 22.2 Å². The molecule has 8 heteroatoms. The van der Waals surface area contributed by atoms with Crippen molar-refractivity contribution in [2.75, 3.05) is 0 Å². The first-order valence-electron chi connectivity index (χ1n) is 7.07. The first-order chi connectivity index (χ1) is 9.59. The van der Waals surface area contributed by atoms with E-state index in [-0.39, 0.29) is 6.42 Å². The number of hydrogen-bond donors (Lipinski definition) is 1. The highest BCUT2D eigenvalue weighted by Crippen LogP contribution is 2.30. The van der Waals surface area contributed by atoms with Crippen LogP contribution in [0, 0.1) is 5.92 Å². The van der Waals surface area contributed by atoms with Crippen molar-refractivity contribution in [3.05, 3.63) is 0 Å². The third-order valence-corrected chi connectivity index (χ3v) is 4.27. The van der Waals surface area contributed by atoms with Gasteiger partial charge in [0.1, 0.15) is 11.6 Å². The molecule has 3 atom stereocenters. The second-order valence-corrected chi connectivity index (χ2v) is 9.06. The van der Waals surface area contributed by atoms with Crippen LogP contribution in [0.5, 0.6) is 0 Å². The maximum atomic E-state index is 13.3. The number of carbonyl (C=O) groups is 1. The Morgan fingerprint density at radius 1 is 1.14 bits per heavy atom. The molecule has 1 N–H and O–H groups in total. The monoisotopic (exact) mass is 345 g/mol. The van der Waals surface area contributed by atoms with Gasteiger partial charge in [-0.3, -0.25) is 4.79 Å². The molecule has 0 heterocycles. The molecule has 0 saturated heterocycles. The van der Waals surface area contributed by atoms with Gasteiger partial charge in [-0.2, -0.15) is 13.2 Å². The smallest absolute Gasteiger partial charge is 0.405 e. The average molecular weight is 345 g/mol. The molecule has 0 bridgehead atoms. The van der Waals surface area contributed by atoms with Gasteiger partial charge >= 0.3 is 12.1 Å². The third-order valence-electron chi connectivity index (χ3n) is 2.69. The summed E-state index contributed by atoms with van der Waals surface area (Å²) in [6.07, 6.45) is -4.79. The normalized spacial score (nSPS) is 17.7. The second kappa shape index (κ2) is 7.29. The molecule has 0 unspecified atom stereocenters. The van der Waals surface area contributed by atoms with Gasteiger partial charge in [-0.05, 0) is 48.0 Å². The zero-order valence-electron chi connectivity index (χ0n) is 14.1. The minimum atomic E-state index is -4.71. The van der Waals surface area contributed by atoms with Crippen molar-refractivity contribution in [3.63, 3.8) is 0 Å². The zero-order chi connectivity index (χ0) is 17.9. The van der Waals surface area contributed by atoms with Crippen LogP contribution in [0.4, 0.5) is 13.2 Å². The van der Waals surface area contributed by atoms with Gasteiger partial charge < -0.3 is 4.74 Å². The quantitative estimate of drug-likeness (QED) is 0.778. The fourth-order valence-electron chi connectivity index (χ4n) is 1.59. The van der Waals surface area contributed by atoms with Crippen LogP contribution < -0.4 is 4.72 Å². The molecular formula is C14H26F3NO3S. The third kappa shape index (κ3) is 7.09. The second-order valence-electron chi connectivity index (χ2n) is 7.07. The summed E-state index contributed by atoms with van der Waals surface area (Å²) in [5.74, 6) is -2.40. The fraction of sp³-hybridized carbons (Fsp3) is 0.929. The molecule has 0 radical (unpaired) electrons. The molecule has 0 amide bonds. The van der Waals surface area contributed by atoms with Crippen molar-refractivity contribution in [2.45, 2.75) is 77.5 Å². The van der Waals surface area contributed by atoms with E-state index in [0.717, 1.165) is 0 Å². The summed E-state index contributed by atoms with van der Waals surface area (Å²) in [6.45, 7) is 10.9. The Morgan fingerprint density at radius 3 is 1.86 bits per heavy atom. The van der Waals surface area contributed by atoms with Gasteiger partial charge in [0.25, 0.3) is 0 Å². The first kappa shape index (κ1) is 21.4. The van der Waals surface area contributed by atoms with Gasteiger partial charge in [-0.1, -0.05) is 6.92 Å². The van der Waals surface area contributed by atoms with Crippen molar-refractivity contribution < 1.29 is 26.9 Å². The summed E-state index contributed by atoms with van der Waals surface area (Å²) in [5, 5.41) is 0. The van der Waals surface area contributed by atoms with Crippen LogP contribution in [0.15, 0.2) is 0 Å². The zero-order valence-corrected chi connectivity index (χ0v) is 14.9. The van der Waals surface area contributed by atoms with Crippen molar-refractivity contribution >= 4 is 17.0 Å². The van der Waals surface area contributed by atoms with Crippen molar-refractivity contribution in [3.8, 4) is 0 Å². The Kier molecular flexibility index (Phi) is 7.09. The number of esters is 1. The minimum absolute atomic E-state index is 0.0760. The largest absolute Gasteiger partial charge is 0.460 e. The predicted octanol–water partition coefficient (Wildman–Crippen LogP) is 3.34. The van der Waals surface area contributed by atoms with Gasteiger partial charge in [0.2, 0.25) is 0 Å². The Balaban J connectivity index is 5.40. The molecule has 0 aliphatic rings. The van der Waals surface area contributed by atoms with Crippen molar-refractivity contribution in [2.24, 2.45) is 5.92 Å². The molecule has 0 fully saturated rings.